The first kappa shape index (κ1) is 15.1. The SMILES string of the molecule is O=C(C1CCN(Cc2ccc(Cl)c(Cl)c2)C1)N1CCCC1. The van der Waals surface area contributed by atoms with Gasteiger partial charge in [-0.05, 0) is 43.5 Å². The molecule has 0 N–H and O–H groups in total. The fourth-order valence-electron chi connectivity index (χ4n) is 3.27. The van der Waals surface area contributed by atoms with Gasteiger partial charge in [-0.2, -0.15) is 0 Å². The van der Waals surface area contributed by atoms with Gasteiger partial charge in [-0.25, -0.2) is 0 Å². The first-order valence-electron chi connectivity index (χ1n) is 7.58. The van der Waals surface area contributed by atoms with Gasteiger partial charge < -0.3 is 4.90 Å². The van der Waals surface area contributed by atoms with Gasteiger partial charge >= 0.3 is 0 Å². The Kier molecular flexibility index (Phi) is 4.72. The van der Waals surface area contributed by atoms with E-state index in [2.05, 4.69) is 4.90 Å². The molecule has 0 spiro atoms. The monoisotopic (exact) mass is 326 g/mol. The van der Waals surface area contributed by atoms with Crippen LogP contribution in [0.2, 0.25) is 10.0 Å². The minimum Gasteiger partial charge on any atom is -0.342 e. The number of nitrogens with zero attached hydrogens (tertiary/aromatic N) is 2. The predicted molar refractivity (Wildman–Crippen MR) is 85.7 cm³/mol. The Morgan fingerprint density at radius 3 is 2.62 bits per heavy atom. The number of rotatable bonds is 3. The standard InChI is InChI=1S/C16H20Cl2N2O/c17-14-4-3-12(9-15(14)18)10-19-8-5-13(11-19)16(21)20-6-1-2-7-20/h3-4,9,13H,1-2,5-8,10-11H2. The lowest BCUT2D eigenvalue weighted by atomic mass is 10.1. The highest BCUT2D eigenvalue weighted by atomic mass is 35.5. The van der Waals surface area contributed by atoms with E-state index in [1.165, 1.54) is 0 Å². The second-order valence-electron chi connectivity index (χ2n) is 6.00. The van der Waals surface area contributed by atoms with Crippen molar-refractivity contribution >= 4 is 29.1 Å². The van der Waals surface area contributed by atoms with Gasteiger partial charge in [0.25, 0.3) is 0 Å². The highest BCUT2D eigenvalue weighted by Crippen LogP contribution is 2.26. The molecule has 0 aliphatic carbocycles. The van der Waals surface area contributed by atoms with Crippen molar-refractivity contribution in [1.29, 1.82) is 0 Å². The predicted octanol–water partition coefficient (Wildman–Crippen LogP) is 3.44. The van der Waals surface area contributed by atoms with E-state index in [0.717, 1.165) is 57.5 Å². The molecular weight excluding hydrogens is 307 g/mol. The summed E-state index contributed by atoms with van der Waals surface area (Å²) in [6.07, 6.45) is 3.29. The van der Waals surface area contributed by atoms with Gasteiger partial charge in [0.05, 0.1) is 16.0 Å². The summed E-state index contributed by atoms with van der Waals surface area (Å²) in [6, 6.07) is 5.76. The fourth-order valence-corrected chi connectivity index (χ4v) is 3.59. The van der Waals surface area contributed by atoms with Gasteiger partial charge in [0.15, 0.2) is 0 Å². The van der Waals surface area contributed by atoms with E-state index < -0.39 is 0 Å². The lowest BCUT2D eigenvalue weighted by Crippen LogP contribution is -2.35. The van der Waals surface area contributed by atoms with Gasteiger partial charge in [0.2, 0.25) is 5.91 Å². The molecule has 5 heteroatoms. The largest absolute Gasteiger partial charge is 0.342 e. The van der Waals surface area contributed by atoms with Gasteiger partial charge in [0.1, 0.15) is 0 Å². The quantitative estimate of drug-likeness (QED) is 0.849. The molecule has 3 rings (SSSR count). The maximum absolute atomic E-state index is 12.4. The summed E-state index contributed by atoms with van der Waals surface area (Å²) >= 11 is 12.0. The van der Waals surface area contributed by atoms with Crippen molar-refractivity contribution in [2.45, 2.75) is 25.8 Å². The molecule has 0 radical (unpaired) electrons. The van der Waals surface area contributed by atoms with E-state index in [1.54, 1.807) is 0 Å². The Balaban J connectivity index is 1.56. The van der Waals surface area contributed by atoms with Crippen LogP contribution < -0.4 is 0 Å². The number of carbonyl (C=O) groups excluding carboxylic acids is 1. The van der Waals surface area contributed by atoms with E-state index in [0.29, 0.717) is 16.0 Å². The summed E-state index contributed by atoms with van der Waals surface area (Å²) in [6.45, 7) is 4.56. The number of amides is 1. The zero-order valence-electron chi connectivity index (χ0n) is 12.0. The molecule has 2 heterocycles. The van der Waals surface area contributed by atoms with Crippen molar-refractivity contribution in [3.05, 3.63) is 33.8 Å². The number of hydrogen-bond donors (Lipinski definition) is 0. The molecule has 1 atom stereocenters. The van der Waals surface area contributed by atoms with Gasteiger partial charge in [-0.1, -0.05) is 29.3 Å². The molecule has 0 aromatic heterocycles. The van der Waals surface area contributed by atoms with E-state index in [9.17, 15) is 4.79 Å². The summed E-state index contributed by atoms with van der Waals surface area (Å²) < 4.78 is 0. The molecule has 1 aromatic carbocycles. The molecule has 2 aliphatic heterocycles. The molecule has 1 aromatic rings. The average molecular weight is 327 g/mol. The van der Waals surface area contributed by atoms with Crippen LogP contribution in [0.15, 0.2) is 18.2 Å². The Labute approximate surface area is 135 Å². The Bertz CT molecular complexity index is 529. The highest BCUT2D eigenvalue weighted by molar-refractivity contribution is 6.42. The number of likely N-dealkylation sites (tertiary alicyclic amines) is 2. The second-order valence-corrected chi connectivity index (χ2v) is 6.82. The van der Waals surface area contributed by atoms with Crippen LogP contribution in [0.3, 0.4) is 0 Å². The fraction of sp³-hybridized carbons (Fsp3) is 0.562. The molecule has 0 saturated carbocycles. The number of carbonyl (C=O) groups is 1. The molecule has 2 saturated heterocycles. The maximum atomic E-state index is 12.4. The number of benzene rings is 1. The summed E-state index contributed by atoms with van der Waals surface area (Å²) in [7, 11) is 0. The third-order valence-electron chi connectivity index (χ3n) is 4.43. The Morgan fingerprint density at radius 1 is 1.14 bits per heavy atom. The van der Waals surface area contributed by atoms with Gasteiger partial charge in [0, 0.05) is 26.2 Å². The topological polar surface area (TPSA) is 23.6 Å². The molecule has 2 fully saturated rings. The van der Waals surface area contributed by atoms with Crippen molar-refractivity contribution < 1.29 is 4.79 Å². The zero-order valence-corrected chi connectivity index (χ0v) is 13.5. The summed E-state index contributed by atoms with van der Waals surface area (Å²) in [5.74, 6) is 0.523. The van der Waals surface area contributed by atoms with Crippen LogP contribution in [0, 0.1) is 5.92 Å². The molecule has 1 amide bonds. The minimum absolute atomic E-state index is 0.172. The lowest BCUT2D eigenvalue weighted by molar-refractivity contribution is -0.134. The van der Waals surface area contributed by atoms with Crippen molar-refractivity contribution in [1.82, 2.24) is 9.80 Å². The van der Waals surface area contributed by atoms with Crippen LogP contribution in [-0.2, 0) is 11.3 Å². The normalized spacial score (nSPS) is 23.0. The molecular formula is C16H20Cl2N2O. The van der Waals surface area contributed by atoms with Crippen molar-refractivity contribution in [3.8, 4) is 0 Å². The lowest BCUT2D eigenvalue weighted by Gasteiger charge is -2.20. The third kappa shape index (κ3) is 3.53. The minimum atomic E-state index is 0.172. The molecule has 2 aliphatic rings. The smallest absolute Gasteiger partial charge is 0.227 e. The number of hydrogen-bond acceptors (Lipinski definition) is 2. The summed E-state index contributed by atoms with van der Waals surface area (Å²) in [4.78, 5) is 16.8. The molecule has 21 heavy (non-hydrogen) atoms. The van der Waals surface area contributed by atoms with E-state index in [1.807, 2.05) is 23.1 Å². The van der Waals surface area contributed by atoms with Crippen LogP contribution in [0.5, 0.6) is 0 Å². The van der Waals surface area contributed by atoms with E-state index >= 15 is 0 Å². The van der Waals surface area contributed by atoms with Crippen molar-refractivity contribution in [2.75, 3.05) is 26.2 Å². The molecule has 3 nitrogen and oxygen atoms in total. The summed E-state index contributed by atoms with van der Waals surface area (Å²) in [5.41, 5.74) is 1.15. The summed E-state index contributed by atoms with van der Waals surface area (Å²) in [5, 5.41) is 1.18. The first-order valence-corrected chi connectivity index (χ1v) is 8.34. The van der Waals surface area contributed by atoms with Crippen LogP contribution >= 0.6 is 23.2 Å². The van der Waals surface area contributed by atoms with Crippen molar-refractivity contribution in [2.24, 2.45) is 5.92 Å². The molecule has 1 unspecified atom stereocenters. The van der Waals surface area contributed by atoms with Crippen molar-refractivity contribution in [3.63, 3.8) is 0 Å². The third-order valence-corrected chi connectivity index (χ3v) is 5.17. The van der Waals surface area contributed by atoms with Crippen LogP contribution in [0.1, 0.15) is 24.8 Å². The van der Waals surface area contributed by atoms with Crippen LogP contribution in [0.25, 0.3) is 0 Å². The molecule has 114 valence electrons. The van der Waals surface area contributed by atoms with Crippen LogP contribution in [-0.4, -0.2) is 41.9 Å². The Hall–Kier alpha value is -0.770. The van der Waals surface area contributed by atoms with Gasteiger partial charge in [-0.3, -0.25) is 9.69 Å². The highest BCUT2D eigenvalue weighted by Gasteiger charge is 2.32. The van der Waals surface area contributed by atoms with Gasteiger partial charge in [-0.15, -0.1) is 0 Å². The second kappa shape index (κ2) is 6.55. The first-order chi connectivity index (χ1) is 10.1. The Morgan fingerprint density at radius 2 is 1.90 bits per heavy atom. The maximum Gasteiger partial charge on any atom is 0.227 e. The zero-order chi connectivity index (χ0) is 14.8. The molecule has 0 bridgehead atoms. The van der Waals surface area contributed by atoms with Crippen LogP contribution in [0.4, 0.5) is 0 Å². The average Bonchev–Trinajstić information content (AvgIpc) is 3.13. The van der Waals surface area contributed by atoms with E-state index in [-0.39, 0.29) is 5.92 Å². The number of halogens is 2. The van der Waals surface area contributed by atoms with E-state index in [4.69, 9.17) is 23.2 Å².